The molecule has 0 heterocycles. The molecule has 0 aromatic rings. The van der Waals surface area contributed by atoms with E-state index in [4.69, 9.17) is 28.8 Å². The summed E-state index contributed by atoms with van der Waals surface area (Å²) in [6.07, 6.45) is 7.73. The van der Waals surface area contributed by atoms with E-state index in [1.165, 1.54) is 32.1 Å². The molecular formula is C20H42O6. The molecule has 1 unspecified atom stereocenters. The summed E-state index contributed by atoms with van der Waals surface area (Å²) in [5.74, 6) is 0.805. The van der Waals surface area contributed by atoms with Crippen molar-refractivity contribution in [2.45, 2.75) is 52.4 Å². The van der Waals surface area contributed by atoms with Crippen LogP contribution in [-0.4, -0.2) is 77.8 Å². The van der Waals surface area contributed by atoms with Gasteiger partial charge in [-0.2, -0.15) is 0 Å². The summed E-state index contributed by atoms with van der Waals surface area (Å²) in [7, 11) is 0. The van der Waals surface area contributed by atoms with Crippen LogP contribution >= 0.6 is 0 Å². The first kappa shape index (κ1) is 25.8. The van der Waals surface area contributed by atoms with Gasteiger partial charge in [-0.15, -0.1) is 0 Å². The first-order valence-electron chi connectivity index (χ1n) is 10.3. The van der Waals surface area contributed by atoms with Gasteiger partial charge < -0.3 is 28.8 Å². The van der Waals surface area contributed by atoms with Crippen LogP contribution in [0.3, 0.4) is 0 Å². The topological polar surface area (TPSA) is 66.4 Å². The second kappa shape index (κ2) is 22.8. The second-order valence-electron chi connectivity index (χ2n) is 6.34. The highest BCUT2D eigenvalue weighted by molar-refractivity contribution is 4.57. The van der Waals surface area contributed by atoms with Crippen molar-refractivity contribution in [1.82, 2.24) is 0 Å². The molecule has 6 heteroatoms. The minimum atomic E-state index is 0.0481. The van der Waals surface area contributed by atoms with E-state index in [9.17, 15) is 0 Å². The van der Waals surface area contributed by atoms with Crippen LogP contribution in [0.5, 0.6) is 0 Å². The van der Waals surface area contributed by atoms with Crippen molar-refractivity contribution in [2.75, 3.05) is 72.7 Å². The third-order valence-electron chi connectivity index (χ3n) is 4.19. The van der Waals surface area contributed by atoms with Crippen molar-refractivity contribution < 1.29 is 28.8 Å². The largest absolute Gasteiger partial charge is 0.394 e. The number of aliphatic hydroxyl groups excluding tert-OH is 1. The van der Waals surface area contributed by atoms with Crippen LogP contribution in [0, 0.1) is 5.92 Å². The summed E-state index contributed by atoms with van der Waals surface area (Å²) in [5.41, 5.74) is 0. The van der Waals surface area contributed by atoms with Gasteiger partial charge >= 0.3 is 0 Å². The molecule has 1 N–H and O–H groups in total. The molecule has 0 bridgehead atoms. The van der Waals surface area contributed by atoms with Crippen molar-refractivity contribution in [2.24, 2.45) is 5.92 Å². The number of aliphatic hydroxyl groups is 1. The number of hydrogen-bond donors (Lipinski definition) is 1. The predicted octanol–water partition coefficient (Wildman–Crippen LogP) is 3.06. The smallest absolute Gasteiger partial charge is 0.0701 e. The van der Waals surface area contributed by atoms with Crippen LogP contribution in [0.1, 0.15) is 52.4 Å². The lowest BCUT2D eigenvalue weighted by atomic mass is 9.96. The van der Waals surface area contributed by atoms with E-state index >= 15 is 0 Å². The molecule has 6 nitrogen and oxygen atoms in total. The van der Waals surface area contributed by atoms with Gasteiger partial charge in [-0.25, -0.2) is 0 Å². The molecule has 0 rings (SSSR count). The van der Waals surface area contributed by atoms with E-state index in [-0.39, 0.29) is 6.61 Å². The van der Waals surface area contributed by atoms with E-state index < -0.39 is 0 Å². The van der Waals surface area contributed by atoms with E-state index in [1.807, 2.05) is 0 Å². The van der Waals surface area contributed by atoms with Gasteiger partial charge in [0.1, 0.15) is 0 Å². The molecule has 26 heavy (non-hydrogen) atoms. The van der Waals surface area contributed by atoms with Crippen LogP contribution in [0.25, 0.3) is 0 Å². The first-order chi connectivity index (χ1) is 12.8. The Hall–Kier alpha value is -0.240. The zero-order valence-corrected chi connectivity index (χ0v) is 17.1. The third-order valence-corrected chi connectivity index (χ3v) is 4.19. The Bertz CT molecular complexity index is 252. The molecule has 0 aromatic carbocycles. The van der Waals surface area contributed by atoms with Crippen molar-refractivity contribution >= 4 is 0 Å². The zero-order chi connectivity index (χ0) is 19.1. The maximum atomic E-state index is 8.53. The molecule has 158 valence electrons. The second-order valence-corrected chi connectivity index (χ2v) is 6.34. The number of unbranched alkanes of at least 4 members (excludes halogenated alkanes) is 2. The lowest BCUT2D eigenvalue weighted by Crippen LogP contribution is -2.14. The molecule has 0 radical (unpaired) electrons. The molecular weight excluding hydrogens is 336 g/mol. The first-order valence-corrected chi connectivity index (χ1v) is 10.3. The molecule has 0 aliphatic heterocycles. The lowest BCUT2D eigenvalue weighted by molar-refractivity contribution is -0.0139. The summed E-state index contributed by atoms with van der Waals surface area (Å²) in [5, 5.41) is 8.53. The van der Waals surface area contributed by atoms with Gasteiger partial charge in [0.05, 0.1) is 66.1 Å². The van der Waals surface area contributed by atoms with E-state index in [1.54, 1.807) is 0 Å². The average molecular weight is 379 g/mol. The predicted molar refractivity (Wildman–Crippen MR) is 104 cm³/mol. The van der Waals surface area contributed by atoms with Gasteiger partial charge in [-0.3, -0.25) is 0 Å². The van der Waals surface area contributed by atoms with Crippen LogP contribution < -0.4 is 0 Å². The highest BCUT2D eigenvalue weighted by Crippen LogP contribution is 2.17. The summed E-state index contributed by atoms with van der Waals surface area (Å²) in [6.45, 7) is 10.3. The average Bonchev–Trinajstić information content (AvgIpc) is 2.66. The van der Waals surface area contributed by atoms with E-state index in [0.717, 1.165) is 18.9 Å². The molecule has 1 atom stereocenters. The fourth-order valence-electron chi connectivity index (χ4n) is 2.53. The quantitative estimate of drug-likeness (QED) is 0.292. The highest BCUT2D eigenvalue weighted by Gasteiger charge is 2.05. The fraction of sp³-hybridized carbons (Fsp3) is 1.00. The minimum Gasteiger partial charge on any atom is -0.394 e. The van der Waals surface area contributed by atoms with Gasteiger partial charge in [0.2, 0.25) is 0 Å². The van der Waals surface area contributed by atoms with Crippen LogP contribution in [0.2, 0.25) is 0 Å². The summed E-state index contributed by atoms with van der Waals surface area (Å²) in [6, 6.07) is 0. The molecule has 0 amide bonds. The molecule has 0 saturated heterocycles. The number of ether oxygens (including phenoxy) is 5. The van der Waals surface area contributed by atoms with Crippen LogP contribution in [-0.2, 0) is 23.7 Å². The molecule has 0 aromatic heterocycles. The fourth-order valence-corrected chi connectivity index (χ4v) is 2.53. The Morgan fingerprint density at radius 3 is 1.46 bits per heavy atom. The standard InChI is InChI=1S/C20H42O6/c1-3-5-6-7-20(4-2)8-10-22-12-14-24-16-18-26-19-17-25-15-13-23-11-9-21/h20-21H,3-19H2,1-2H3. The van der Waals surface area contributed by atoms with Crippen molar-refractivity contribution in [1.29, 1.82) is 0 Å². The van der Waals surface area contributed by atoms with Gasteiger partial charge in [0.15, 0.2) is 0 Å². The molecule has 0 aliphatic rings. The monoisotopic (exact) mass is 378 g/mol. The Balaban J connectivity index is 3.14. The number of hydrogen-bond acceptors (Lipinski definition) is 6. The zero-order valence-electron chi connectivity index (χ0n) is 17.1. The van der Waals surface area contributed by atoms with Gasteiger partial charge in [-0.05, 0) is 12.3 Å². The maximum Gasteiger partial charge on any atom is 0.0701 e. The van der Waals surface area contributed by atoms with Crippen molar-refractivity contribution in [3.63, 3.8) is 0 Å². The van der Waals surface area contributed by atoms with Crippen molar-refractivity contribution in [3.8, 4) is 0 Å². The van der Waals surface area contributed by atoms with E-state index in [0.29, 0.717) is 59.5 Å². The molecule has 0 saturated carbocycles. The molecule has 0 spiro atoms. The Labute approximate surface area is 160 Å². The summed E-state index contributed by atoms with van der Waals surface area (Å²) >= 11 is 0. The highest BCUT2D eigenvalue weighted by atomic mass is 16.6. The SMILES string of the molecule is CCCCCC(CC)CCOCCOCCOCCOCCOCCO. The molecule has 0 fully saturated rings. The van der Waals surface area contributed by atoms with Crippen LogP contribution in [0.4, 0.5) is 0 Å². The normalized spacial score (nSPS) is 12.6. The molecule has 0 aliphatic carbocycles. The van der Waals surface area contributed by atoms with E-state index in [2.05, 4.69) is 13.8 Å². The van der Waals surface area contributed by atoms with Crippen molar-refractivity contribution in [3.05, 3.63) is 0 Å². The lowest BCUT2D eigenvalue weighted by Gasteiger charge is -2.14. The maximum absolute atomic E-state index is 8.53. The third kappa shape index (κ3) is 20.1. The number of rotatable bonds is 22. The Morgan fingerprint density at radius 2 is 1.04 bits per heavy atom. The minimum absolute atomic E-state index is 0.0481. The Kier molecular flexibility index (Phi) is 22.6. The van der Waals surface area contributed by atoms with Gasteiger partial charge in [-0.1, -0.05) is 46.0 Å². The van der Waals surface area contributed by atoms with Gasteiger partial charge in [0.25, 0.3) is 0 Å². The Morgan fingerprint density at radius 1 is 0.577 bits per heavy atom. The van der Waals surface area contributed by atoms with Crippen LogP contribution in [0.15, 0.2) is 0 Å². The van der Waals surface area contributed by atoms with Gasteiger partial charge in [0, 0.05) is 6.61 Å². The summed E-state index contributed by atoms with van der Waals surface area (Å²) in [4.78, 5) is 0. The summed E-state index contributed by atoms with van der Waals surface area (Å²) < 4.78 is 26.9.